The van der Waals surface area contributed by atoms with E-state index in [1.54, 1.807) is 0 Å². The third-order valence-electron chi connectivity index (χ3n) is 6.85. The molecule has 3 aromatic rings. The predicted molar refractivity (Wildman–Crippen MR) is 126 cm³/mol. The molecule has 1 saturated heterocycles. The molecule has 2 fully saturated rings. The van der Waals surface area contributed by atoms with Gasteiger partial charge in [0.15, 0.2) is 11.5 Å². The van der Waals surface area contributed by atoms with Crippen LogP contribution < -0.4 is 5.32 Å². The number of carbonyl (C=O) groups excluding carboxylic acids is 1. The molecular formula is C26H33N5O2. The predicted octanol–water partition coefficient (Wildman–Crippen LogP) is 4.20. The molecule has 2 aliphatic rings. The van der Waals surface area contributed by atoms with Crippen LogP contribution in [-0.4, -0.2) is 38.8 Å². The number of ketones is 1. The lowest BCUT2D eigenvalue weighted by Crippen LogP contribution is -2.25. The molecule has 2 atom stereocenters. The Bertz CT molecular complexity index is 1160. The molecule has 1 aromatic carbocycles. The maximum absolute atomic E-state index is 13.4. The molecule has 5 rings (SSSR count). The number of rotatable bonds is 8. The number of benzene rings is 1. The van der Waals surface area contributed by atoms with Crippen LogP contribution in [0.4, 0.5) is 0 Å². The first-order valence-corrected chi connectivity index (χ1v) is 12.1. The zero-order valence-electron chi connectivity index (χ0n) is 20.0. The van der Waals surface area contributed by atoms with Crippen molar-refractivity contribution in [2.75, 3.05) is 13.1 Å². The fourth-order valence-electron chi connectivity index (χ4n) is 4.99. The van der Waals surface area contributed by atoms with E-state index in [4.69, 9.17) is 4.52 Å². The molecule has 0 spiro atoms. The van der Waals surface area contributed by atoms with Crippen LogP contribution in [0.1, 0.15) is 66.9 Å². The largest absolute Gasteiger partial charge is 0.361 e. The molecular weight excluding hydrogens is 414 g/mol. The molecule has 1 aliphatic carbocycles. The summed E-state index contributed by atoms with van der Waals surface area (Å²) in [6.45, 7) is 9.92. The number of hydrogen-bond donors (Lipinski definition) is 1. The van der Waals surface area contributed by atoms with Gasteiger partial charge in [-0.2, -0.15) is 0 Å². The summed E-state index contributed by atoms with van der Waals surface area (Å²) in [6, 6.07) is 8.69. The lowest BCUT2D eigenvalue weighted by molar-refractivity contribution is -0.122. The van der Waals surface area contributed by atoms with E-state index in [0.29, 0.717) is 24.9 Å². The van der Waals surface area contributed by atoms with Gasteiger partial charge in [-0.05, 0) is 43.7 Å². The summed E-state index contributed by atoms with van der Waals surface area (Å²) in [5.74, 6) is 3.22. The molecule has 0 amide bonds. The molecule has 7 heteroatoms. The first-order valence-electron chi connectivity index (χ1n) is 12.1. The third-order valence-corrected chi connectivity index (χ3v) is 6.85. The van der Waals surface area contributed by atoms with Gasteiger partial charge in [-0.25, -0.2) is 0 Å². The van der Waals surface area contributed by atoms with Gasteiger partial charge in [0.1, 0.15) is 17.4 Å². The van der Waals surface area contributed by atoms with Crippen LogP contribution in [0.5, 0.6) is 0 Å². The minimum Gasteiger partial charge on any atom is -0.361 e. The fourth-order valence-corrected chi connectivity index (χ4v) is 4.99. The Morgan fingerprint density at radius 1 is 1.18 bits per heavy atom. The Balaban J connectivity index is 1.41. The second-order valence-electron chi connectivity index (χ2n) is 10.2. The monoisotopic (exact) mass is 447 g/mol. The highest BCUT2D eigenvalue weighted by molar-refractivity contribution is 5.85. The van der Waals surface area contributed by atoms with Crippen LogP contribution in [0.3, 0.4) is 0 Å². The van der Waals surface area contributed by atoms with E-state index >= 15 is 0 Å². The fraction of sp³-hybridized carbons (Fsp3) is 0.538. The van der Waals surface area contributed by atoms with Gasteiger partial charge in [0.25, 0.3) is 0 Å². The molecule has 0 unspecified atom stereocenters. The van der Waals surface area contributed by atoms with Crippen LogP contribution >= 0.6 is 0 Å². The van der Waals surface area contributed by atoms with Gasteiger partial charge in [-0.1, -0.05) is 42.8 Å². The quantitative estimate of drug-likeness (QED) is 0.557. The van der Waals surface area contributed by atoms with Gasteiger partial charge >= 0.3 is 0 Å². The number of aromatic nitrogens is 4. The number of aryl methyl sites for hydroxylation is 2. The van der Waals surface area contributed by atoms with Crippen molar-refractivity contribution in [2.24, 2.45) is 11.8 Å². The van der Waals surface area contributed by atoms with E-state index in [1.807, 2.05) is 6.07 Å². The van der Waals surface area contributed by atoms with Gasteiger partial charge in [0.2, 0.25) is 0 Å². The average Bonchev–Trinajstić information content (AvgIpc) is 3.15. The van der Waals surface area contributed by atoms with Crippen molar-refractivity contribution in [1.29, 1.82) is 0 Å². The van der Waals surface area contributed by atoms with Gasteiger partial charge in [0.05, 0.1) is 0 Å². The molecule has 2 aromatic heterocycles. The second kappa shape index (κ2) is 8.86. The molecule has 7 nitrogen and oxygen atoms in total. The third kappa shape index (κ3) is 4.51. The van der Waals surface area contributed by atoms with Crippen molar-refractivity contribution in [3.8, 4) is 11.5 Å². The molecule has 3 heterocycles. The summed E-state index contributed by atoms with van der Waals surface area (Å²) in [5, 5.41) is 16.9. The minimum absolute atomic E-state index is 0.0205. The SMILES string of the molecule is Cc1ccc(CC(=O)[C@H]2CNC[C@@H]2c2nnc(-c3cc(CC(C)C)on3)n2C2CC2)c(C)c1. The highest BCUT2D eigenvalue weighted by Gasteiger charge is 2.40. The van der Waals surface area contributed by atoms with Crippen molar-refractivity contribution in [3.05, 3.63) is 52.5 Å². The first-order chi connectivity index (χ1) is 15.9. The average molecular weight is 448 g/mol. The molecule has 174 valence electrons. The first kappa shape index (κ1) is 22.0. The molecule has 1 N–H and O–H groups in total. The zero-order chi connectivity index (χ0) is 23.1. The number of Topliss-reactive ketones (excluding diaryl/α,β-unsaturated/α-hetero) is 1. The Morgan fingerprint density at radius 3 is 2.73 bits per heavy atom. The Hall–Kier alpha value is -2.80. The maximum Gasteiger partial charge on any atom is 0.186 e. The Morgan fingerprint density at radius 2 is 2.00 bits per heavy atom. The van der Waals surface area contributed by atoms with Crippen molar-refractivity contribution in [2.45, 2.75) is 65.3 Å². The number of carbonyl (C=O) groups is 1. The van der Waals surface area contributed by atoms with Crippen molar-refractivity contribution >= 4 is 5.78 Å². The molecule has 0 radical (unpaired) electrons. The normalized spacial score (nSPS) is 20.6. The summed E-state index contributed by atoms with van der Waals surface area (Å²) < 4.78 is 7.80. The summed E-state index contributed by atoms with van der Waals surface area (Å²) in [4.78, 5) is 13.4. The van der Waals surface area contributed by atoms with E-state index in [1.165, 1.54) is 11.1 Å². The van der Waals surface area contributed by atoms with Crippen LogP contribution in [0.2, 0.25) is 0 Å². The maximum atomic E-state index is 13.4. The topological polar surface area (TPSA) is 85.8 Å². The van der Waals surface area contributed by atoms with Gasteiger partial charge in [0, 0.05) is 49.9 Å². The molecule has 0 bridgehead atoms. The summed E-state index contributed by atoms with van der Waals surface area (Å²) in [7, 11) is 0. The number of nitrogens with one attached hydrogen (secondary N) is 1. The Labute approximate surface area is 195 Å². The molecule has 33 heavy (non-hydrogen) atoms. The van der Waals surface area contributed by atoms with Crippen molar-refractivity contribution in [3.63, 3.8) is 0 Å². The highest BCUT2D eigenvalue weighted by atomic mass is 16.5. The zero-order valence-corrected chi connectivity index (χ0v) is 20.0. The summed E-state index contributed by atoms with van der Waals surface area (Å²) >= 11 is 0. The van der Waals surface area contributed by atoms with Crippen LogP contribution in [0.25, 0.3) is 11.5 Å². The summed E-state index contributed by atoms with van der Waals surface area (Å²) in [5.41, 5.74) is 4.25. The van der Waals surface area contributed by atoms with Crippen LogP contribution in [0.15, 0.2) is 28.8 Å². The van der Waals surface area contributed by atoms with E-state index in [0.717, 1.165) is 54.5 Å². The molecule has 1 aliphatic heterocycles. The smallest absolute Gasteiger partial charge is 0.186 e. The van der Waals surface area contributed by atoms with Crippen molar-refractivity contribution in [1.82, 2.24) is 25.2 Å². The standard InChI is InChI=1S/C26H33N5O2/c1-15(2)9-20-12-23(30-33-20)26-29-28-25(31(26)19-7-8-19)22-14-27-13-21(22)24(32)11-18-6-5-16(3)10-17(18)4/h5-6,10,12,15,19,21-22,27H,7-9,11,13-14H2,1-4H3/t21-,22-/m0/s1. The Kier molecular flexibility index (Phi) is 5.91. The highest BCUT2D eigenvalue weighted by Crippen LogP contribution is 2.42. The van der Waals surface area contributed by atoms with Crippen LogP contribution in [-0.2, 0) is 17.6 Å². The number of hydrogen-bond acceptors (Lipinski definition) is 6. The summed E-state index contributed by atoms with van der Waals surface area (Å²) in [6.07, 6.45) is 3.52. The lowest BCUT2D eigenvalue weighted by atomic mass is 9.87. The van der Waals surface area contributed by atoms with Gasteiger partial charge in [-0.3, -0.25) is 4.79 Å². The van der Waals surface area contributed by atoms with E-state index < -0.39 is 0 Å². The van der Waals surface area contributed by atoms with E-state index in [9.17, 15) is 4.79 Å². The lowest BCUT2D eigenvalue weighted by Gasteiger charge is -2.19. The van der Waals surface area contributed by atoms with Gasteiger partial charge < -0.3 is 14.4 Å². The molecule has 1 saturated carbocycles. The second-order valence-corrected chi connectivity index (χ2v) is 10.2. The van der Waals surface area contributed by atoms with Crippen molar-refractivity contribution < 1.29 is 9.32 Å². The van der Waals surface area contributed by atoms with E-state index in [-0.39, 0.29) is 17.6 Å². The number of nitrogens with zero attached hydrogens (tertiary/aromatic N) is 4. The van der Waals surface area contributed by atoms with Crippen LogP contribution in [0, 0.1) is 25.7 Å². The van der Waals surface area contributed by atoms with E-state index in [2.05, 4.69) is 71.1 Å². The minimum atomic E-state index is -0.103. The van der Waals surface area contributed by atoms with Gasteiger partial charge in [-0.15, -0.1) is 10.2 Å².